The second kappa shape index (κ2) is 4.70. The molecule has 0 atom stereocenters. The van der Waals surface area contributed by atoms with Crippen molar-refractivity contribution in [3.8, 4) is 11.5 Å². The Hall–Kier alpha value is -1.40. The summed E-state index contributed by atoms with van der Waals surface area (Å²) in [7, 11) is 0. The van der Waals surface area contributed by atoms with Crippen LogP contribution in [0.2, 0.25) is 0 Å². The predicted molar refractivity (Wildman–Crippen MR) is 69.4 cm³/mol. The number of aryl methyl sites for hydroxylation is 1. The van der Waals surface area contributed by atoms with Crippen molar-refractivity contribution in [2.45, 2.75) is 32.8 Å². The second-order valence-electron chi connectivity index (χ2n) is 4.25. The number of ether oxygens (including phenoxy) is 1. The Balaban J connectivity index is 1.92. The van der Waals surface area contributed by atoms with E-state index in [1.807, 2.05) is 6.92 Å². The maximum Gasteiger partial charge on any atom is 0.261 e. The normalized spacial score (nSPS) is 14.1. The Bertz CT molecular complexity index is 562. The lowest BCUT2D eigenvalue weighted by atomic mass is 10.1. The van der Waals surface area contributed by atoms with Gasteiger partial charge < -0.3 is 15.0 Å². The van der Waals surface area contributed by atoms with E-state index >= 15 is 0 Å². The summed E-state index contributed by atoms with van der Waals surface area (Å²) in [6.07, 6.45) is 3.36. The van der Waals surface area contributed by atoms with Gasteiger partial charge in [0.05, 0.1) is 10.6 Å². The highest BCUT2D eigenvalue weighted by Crippen LogP contribution is 2.42. The van der Waals surface area contributed by atoms with E-state index in [1.54, 1.807) is 11.3 Å². The molecule has 1 aliphatic rings. The number of anilines is 1. The highest BCUT2D eigenvalue weighted by atomic mass is 32.1. The van der Waals surface area contributed by atoms with E-state index < -0.39 is 0 Å². The number of nitrogens with zero attached hydrogens (tertiary/aromatic N) is 2. The van der Waals surface area contributed by atoms with Crippen molar-refractivity contribution in [1.82, 2.24) is 10.1 Å². The number of aromatic nitrogens is 2. The van der Waals surface area contributed by atoms with Gasteiger partial charge in [-0.1, -0.05) is 5.16 Å². The SMILES string of the molecule is CCOCc1noc(-c2c(N)sc3c2CCC3)n1. The largest absolute Gasteiger partial charge is 0.390 e. The number of nitrogen functional groups attached to an aromatic ring is 1. The molecular formula is C12H15N3O2S. The lowest BCUT2D eigenvalue weighted by Gasteiger charge is -1.96. The molecule has 0 radical (unpaired) electrons. The van der Waals surface area contributed by atoms with Gasteiger partial charge in [-0.05, 0) is 31.7 Å². The summed E-state index contributed by atoms with van der Waals surface area (Å²) in [5.41, 5.74) is 8.30. The first-order chi connectivity index (χ1) is 8.79. The molecule has 0 aliphatic heterocycles. The zero-order valence-electron chi connectivity index (χ0n) is 10.2. The lowest BCUT2D eigenvalue weighted by Crippen LogP contribution is -1.94. The second-order valence-corrected chi connectivity index (χ2v) is 5.39. The van der Waals surface area contributed by atoms with Gasteiger partial charge in [0.1, 0.15) is 6.61 Å². The topological polar surface area (TPSA) is 74.2 Å². The van der Waals surface area contributed by atoms with Crippen molar-refractivity contribution >= 4 is 16.3 Å². The smallest absolute Gasteiger partial charge is 0.261 e. The molecule has 0 saturated heterocycles. The van der Waals surface area contributed by atoms with Crippen molar-refractivity contribution in [2.75, 3.05) is 12.3 Å². The van der Waals surface area contributed by atoms with Crippen molar-refractivity contribution in [3.05, 3.63) is 16.3 Å². The number of hydrogen-bond acceptors (Lipinski definition) is 6. The van der Waals surface area contributed by atoms with Crippen molar-refractivity contribution in [3.63, 3.8) is 0 Å². The third kappa shape index (κ3) is 1.91. The van der Waals surface area contributed by atoms with E-state index in [1.165, 1.54) is 16.9 Å². The number of hydrogen-bond donors (Lipinski definition) is 1. The average molecular weight is 265 g/mol. The summed E-state index contributed by atoms with van der Waals surface area (Å²) < 4.78 is 10.6. The molecule has 2 N–H and O–H groups in total. The molecular weight excluding hydrogens is 250 g/mol. The molecule has 0 fully saturated rings. The first-order valence-corrected chi connectivity index (χ1v) is 6.92. The predicted octanol–water partition coefficient (Wildman–Crippen LogP) is 2.41. The first kappa shape index (κ1) is 11.7. The maximum absolute atomic E-state index is 6.05. The van der Waals surface area contributed by atoms with Gasteiger partial charge in [0, 0.05) is 11.5 Å². The Morgan fingerprint density at radius 3 is 3.17 bits per heavy atom. The van der Waals surface area contributed by atoms with Crippen molar-refractivity contribution < 1.29 is 9.26 Å². The Labute approximate surface area is 109 Å². The molecule has 1 aliphatic carbocycles. The molecule has 0 unspecified atom stereocenters. The fourth-order valence-corrected chi connectivity index (χ4v) is 3.42. The summed E-state index contributed by atoms with van der Waals surface area (Å²) in [5.74, 6) is 1.10. The average Bonchev–Trinajstić information content (AvgIpc) is 3.01. The molecule has 5 nitrogen and oxygen atoms in total. The molecule has 0 bridgehead atoms. The molecule has 0 saturated carbocycles. The molecule has 0 aromatic carbocycles. The molecule has 3 rings (SSSR count). The van der Waals surface area contributed by atoms with E-state index in [-0.39, 0.29) is 0 Å². The van der Waals surface area contributed by atoms with Crippen LogP contribution in [0.25, 0.3) is 11.5 Å². The molecule has 2 aromatic rings. The van der Waals surface area contributed by atoms with Gasteiger partial charge >= 0.3 is 0 Å². The van der Waals surface area contributed by atoms with Crippen LogP contribution in [0.3, 0.4) is 0 Å². The summed E-state index contributed by atoms with van der Waals surface area (Å²) >= 11 is 1.64. The Morgan fingerprint density at radius 1 is 1.44 bits per heavy atom. The fraction of sp³-hybridized carbons (Fsp3) is 0.500. The van der Waals surface area contributed by atoms with Gasteiger partial charge in [-0.3, -0.25) is 0 Å². The molecule has 18 heavy (non-hydrogen) atoms. The van der Waals surface area contributed by atoms with Gasteiger partial charge in [0.2, 0.25) is 0 Å². The van der Waals surface area contributed by atoms with Crippen LogP contribution >= 0.6 is 11.3 Å². The van der Waals surface area contributed by atoms with Crippen molar-refractivity contribution in [1.29, 1.82) is 0 Å². The Morgan fingerprint density at radius 2 is 2.33 bits per heavy atom. The van der Waals surface area contributed by atoms with Crippen LogP contribution in [0.4, 0.5) is 5.00 Å². The van der Waals surface area contributed by atoms with Gasteiger partial charge in [-0.25, -0.2) is 0 Å². The lowest BCUT2D eigenvalue weighted by molar-refractivity contribution is 0.126. The quantitative estimate of drug-likeness (QED) is 0.918. The zero-order valence-corrected chi connectivity index (χ0v) is 11.0. The minimum Gasteiger partial charge on any atom is -0.390 e. The van der Waals surface area contributed by atoms with E-state index in [0.717, 1.165) is 23.4 Å². The summed E-state index contributed by atoms with van der Waals surface area (Å²) in [4.78, 5) is 5.72. The highest BCUT2D eigenvalue weighted by molar-refractivity contribution is 7.16. The van der Waals surface area contributed by atoms with Crippen LogP contribution in [-0.2, 0) is 24.2 Å². The monoisotopic (exact) mass is 265 g/mol. The molecule has 0 amide bonds. The van der Waals surface area contributed by atoms with E-state index in [0.29, 0.717) is 24.9 Å². The molecule has 0 spiro atoms. The van der Waals surface area contributed by atoms with Crippen molar-refractivity contribution in [2.24, 2.45) is 0 Å². The van der Waals surface area contributed by atoms with Crippen LogP contribution in [-0.4, -0.2) is 16.7 Å². The van der Waals surface area contributed by atoms with Crippen LogP contribution in [0.15, 0.2) is 4.52 Å². The maximum atomic E-state index is 6.05. The number of rotatable bonds is 4. The zero-order chi connectivity index (χ0) is 12.5. The molecule has 6 heteroatoms. The van der Waals surface area contributed by atoms with Gasteiger partial charge in [0.25, 0.3) is 5.89 Å². The van der Waals surface area contributed by atoms with Crippen LogP contribution in [0.5, 0.6) is 0 Å². The van der Waals surface area contributed by atoms with E-state index in [9.17, 15) is 0 Å². The van der Waals surface area contributed by atoms with Crippen LogP contribution < -0.4 is 5.73 Å². The Kier molecular flexibility index (Phi) is 3.05. The minimum atomic E-state index is 0.381. The van der Waals surface area contributed by atoms with Gasteiger partial charge in [-0.15, -0.1) is 11.3 Å². The van der Waals surface area contributed by atoms with Crippen LogP contribution in [0.1, 0.15) is 29.6 Å². The standard InChI is InChI=1S/C12H15N3O2S/c1-2-16-6-9-14-12(17-15-9)10-7-4-3-5-8(7)18-11(10)13/h2-6,13H2,1H3. The molecule has 2 aromatic heterocycles. The van der Waals surface area contributed by atoms with Crippen LogP contribution in [0, 0.1) is 0 Å². The summed E-state index contributed by atoms with van der Waals surface area (Å²) in [5, 5.41) is 4.70. The molecule has 2 heterocycles. The van der Waals surface area contributed by atoms with E-state index in [4.69, 9.17) is 15.0 Å². The first-order valence-electron chi connectivity index (χ1n) is 6.10. The third-order valence-electron chi connectivity index (χ3n) is 3.07. The molecule has 96 valence electrons. The minimum absolute atomic E-state index is 0.381. The number of nitrogens with two attached hydrogens (primary N) is 1. The fourth-order valence-electron chi connectivity index (χ4n) is 2.27. The van der Waals surface area contributed by atoms with E-state index in [2.05, 4.69) is 10.1 Å². The van der Waals surface area contributed by atoms with Gasteiger partial charge in [-0.2, -0.15) is 4.98 Å². The summed E-state index contributed by atoms with van der Waals surface area (Å²) in [6, 6.07) is 0. The number of fused-ring (bicyclic) bond motifs is 1. The van der Waals surface area contributed by atoms with Gasteiger partial charge in [0.15, 0.2) is 5.82 Å². The number of thiophene rings is 1. The summed E-state index contributed by atoms with van der Waals surface area (Å²) in [6.45, 7) is 2.96. The highest BCUT2D eigenvalue weighted by Gasteiger charge is 2.25. The third-order valence-corrected chi connectivity index (χ3v) is 4.19.